The van der Waals surface area contributed by atoms with Crippen molar-refractivity contribution in [2.75, 3.05) is 0 Å². The zero-order chi connectivity index (χ0) is 13.1. The van der Waals surface area contributed by atoms with Crippen LogP contribution in [0.15, 0.2) is 46.9 Å². The lowest BCUT2D eigenvalue weighted by Gasteiger charge is -2.11. The maximum atomic E-state index is 13.0. The van der Waals surface area contributed by atoms with Crippen molar-refractivity contribution in [2.24, 2.45) is 0 Å². The minimum Gasteiger partial charge on any atom is -0.388 e. The molecule has 0 saturated carbocycles. The number of aliphatic hydroxyl groups excluding tert-OH is 1. The Morgan fingerprint density at radius 3 is 2.67 bits per heavy atom. The molecule has 4 heteroatoms. The van der Waals surface area contributed by atoms with E-state index in [0.717, 1.165) is 15.6 Å². The average molecular weight is 330 g/mol. The van der Waals surface area contributed by atoms with E-state index in [-0.39, 0.29) is 5.02 Å². The molecule has 1 N–H and O–H groups in total. The molecule has 0 aliphatic carbocycles. The van der Waals surface area contributed by atoms with Gasteiger partial charge in [-0.1, -0.05) is 45.7 Å². The van der Waals surface area contributed by atoms with E-state index in [1.54, 1.807) is 6.07 Å². The van der Waals surface area contributed by atoms with Crippen LogP contribution in [0.3, 0.4) is 0 Å². The third-order valence-corrected chi connectivity index (χ3v) is 3.43. The molecule has 1 nitrogen and oxygen atoms in total. The highest BCUT2D eigenvalue weighted by Crippen LogP contribution is 2.23. The first-order valence-electron chi connectivity index (χ1n) is 5.44. The first kappa shape index (κ1) is 13.5. The summed E-state index contributed by atoms with van der Waals surface area (Å²) in [7, 11) is 0. The van der Waals surface area contributed by atoms with Gasteiger partial charge in [0, 0.05) is 10.9 Å². The van der Waals surface area contributed by atoms with Gasteiger partial charge >= 0.3 is 0 Å². The number of hydrogen-bond acceptors (Lipinski definition) is 1. The minimum atomic E-state index is -0.635. The molecule has 0 saturated heterocycles. The molecule has 0 spiro atoms. The van der Waals surface area contributed by atoms with E-state index in [1.807, 2.05) is 24.3 Å². The van der Waals surface area contributed by atoms with Crippen LogP contribution in [0.25, 0.3) is 0 Å². The summed E-state index contributed by atoms with van der Waals surface area (Å²) >= 11 is 9.06. The fraction of sp³-hybridized carbons (Fsp3) is 0.143. The molecule has 0 radical (unpaired) electrons. The van der Waals surface area contributed by atoms with Crippen molar-refractivity contribution >= 4 is 27.5 Å². The molecular formula is C14H11BrClFO. The standard InChI is InChI=1S/C14H11BrClFO/c15-11-3-1-2-10(8-11)14(18)7-9-4-5-13(17)12(16)6-9/h1-6,8,14,18H,7H2. The summed E-state index contributed by atoms with van der Waals surface area (Å²) in [6, 6.07) is 11.9. The molecule has 18 heavy (non-hydrogen) atoms. The Labute approximate surface area is 118 Å². The van der Waals surface area contributed by atoms with Crippen LogP contribution in [0.5, 0.6) is 0 Å². The van der Waals surface area contributed by atoms with Crippen LogP contribution >= 0.6 is 27.5 Å². The van der Waals surface area contributed by atoms with E-state index in [4.69, 9.17) is 11.6 Å². The van der Waals surface area contributed by atoms with E-state index in [0.29, 0.717) is 6.42 Å². The normalized spacial score (nSPS) is 12.4. The second kappa shape index (κ2) is 5.83. The molecule has 0 amide bonds. The first-order chi connectivity index (χ1) is 8.56. The molecular weight excluding hydrogens is 319 g/mol. The Bertz CT molecular complexity index is 559. The smallest absolute Gasteiger partial charge is 0.141 e. The van der Waals surface area contributed by atoms with Gasteiger partial charge in [0.1, 0.15) is 5.82 Å². The molecule has 0 bridgehead atoms. The maximum Gasteiger partial charge on any atom is 0.141 e. The zero-order valence-electron chi connectivity index (χ0n) is 9.41. The Balaban J connectivity index is 2.16. The van der Waals surface area contributed by atoms with Crippen LogP contribution in [-0.2, 0) is 6.42 Å². The van der Waals surface area contributed by atoms with Crippen LogP contribution < -0.4 is 0 Å². The average Bonchev–Trinajstić information content (AvgIpc) is 2.34. The van der Waals surface area contributed by atoms with E-state index < -0.39 is 11.9 Å². The molecule has 0 aliphatic rings. The topological polar surface area (TPSA) is 20.2 Å². The van der Waals surface area contributed by atoms with Gasteiger partial charge in [0.15, 0.2) is 0 Å². The molecule has 1 unspecified atom stereocenters. The third kappa shape index (κ3) is 3.31. The van der Waals surface area contributed by atoms with Crippen molar-refractivity contribution in [2.45, 2.75) is 12.5 Å². The van der Waals surface area contributed by atoms with Gasteiger partial charge in [-0.05, 0) is 35.4 Å². The van der Waals surface area contributed by atoms with Gasteiger partial charge in [-0.15, -0.1) is 0 Å². The van der Waals surface area contributed by atoms with Crippen LogP contribution in [0.1, 0.15) is 17.2 Å². The quantitative estimate of drug-likeness (QED) is 0.878. The number of benzene rings is 2. The van der Waals surface area contributed by atoms with Crippen molar-refractivity contribution in [3.8, 4) is 0 Å². The Hall–Kier alpha value is -0.900. The van der Waals surface area contributed by atoms with Crippen molar-refractivity contribution in [3.63, 3.8) is 0 Å². The number of hydrogen-bond donors (Lipinski definition) is 1. The molecule has 0 fully saturated rings. The molecule has 2 aromatic rings. The largest absolute Gasteiger partial charge is 0.388 e. The molecule has 0 aromatic heterocycles. The summed E-state index contributed by atoms with van der Waals surface area (Å²) in [5.41, 5.74) is 1.61. The molecule has 1 atom stereocenters. The maximum absolute atomic E-state index is 13.0. The highest BCUT2D eigenvalue weighted by molar-refractivity contribution is 9.10. The summed E-state index contributed by atoms with van der Waals surface area (Å²) in [5, 5.41) is 10.2. The molecule has 2 aromatic carbocycles. The van der Waals surface area contributed by atoms with Gasteiger partial charge in [0.05, 0.1) is 11.1 Å². The molecule has 0 aliphatic heterocycles. The fourth-order valence-electron chi connectivity index (χ4n) is 1.72. The van der Waals surface area contributed by atoms with Gasteiger partial charge in [0.2, 0.25) is 0 Å². The summed E-state index contributed by atoms with van der Waals surface area (Å²) in [6.07, 6.45) is -0.236. The van der Waals surface area contributed by atoms with Crippen molar-refractivity contribution in [1.82, 2.24) is 0 Å². The van der Waals surface area contributed by atoms with Crippen molar-refractivity contribution in [1.29, 1.82) is 0 Å². The highest BCUT2D eigenvalue weighted by Gasteiger charge is 2.10. The molecule has 0 heterocycles. The van der Waals surface area contributed by atoms with Gasteiger partial charge in [0.25, 0.3) is 0 Å². The fourth-order valence-corrected chi connectivity index (χ4v) is 2.34. The highest BCUT2D eigenvalue weighted by atomic mass is 79.9. The summed E-state index contributed by atoms with van der Waals surface area (Å²) in [5.74, 6) is -0.447. The van der Waals surface area contributed by atoms with Gasteiger partial charge in [-0.2, -0.15) is 0 Å². The SMILES string of the molecule is OC(Cc1ccc(F)c(Cl)c1)c1cccc(Br)c1. The lowest BCUT2D eigenvalue weighted by molar-refractivity contribution is 0.178. The Morgan fingerprint density at radius 1 is 1.22 bits per heavy atom. The Kier molecular flexibility index (Phi) is 4.38. The second-order valence-corrected chi connectivity index (χ2v) is 5.35. The van der Waals surface area contributed by atoms with Crippen molar-refractivity contribution in [3.05, 3.63) is 68.9 Å². The number of rotatable bonds is 3. The van der Waals surface area contributed by atoms with E-state index in [9.17, 15) is 9.50 Å². The minimum absolute atomic E-state index is 0.0777. The number of halogens is 3. The first-order valence-corrected chi connectivity index (χ1v) is 6.61. The monoisotopic (exact) mass is 328 g/mol. The predicted octanol–water partition coefficient (Wildman–Crippen LogP) is 4.52. The van der Waals surface area contributed by atoms with Crippen LogP contribution in [0.4, 0.5) is 4.39 Å². The van der Waals surface area contributed by atoms with Gasteiger partial charge in [-0.3, -0.25) is 0 Å². The van der Waals surface area contributed by atoms with E-state index in [2.05, 4.69) is 15.9 Å². The number of aliphatic hydroxyl groups is 1. The summed E-state index contributed by atoms with van der Waals surface area (Å²) in [6.45, 7) is 0. The molecule has 2 rings (SSSR count). The summed E-state index contributed by atoms with van der Waals surface area (Å²) in [4.78, 5) is 0. The molecule has 94 valence electrons. The van der Waals surface area contributed by atoms with E-state index >= 15 is 0 Å². The lowest BCUT2D eigenvalue weighted by Crippen LogP contribution is -2.02. The van der Waals surface area contributed by atoms with Gasteiger partial charge < -0.3 is 5.11 Å². The third-order valence-electron chi connectivity index (χ3n) is 2.65. The Morgan fingerprint density at radius 2 is 2.00 bits per heavy atom. The lowest BCUT2D eigenvalue weighted by atomic mass is 10.0. The van der Waals surface area contributed by atoms with Crippen LogP contribution in [-0.4, -0.2) is 5.11 Å². The van der Waals surface area contributed by atoms with Crippen LogP contribution in [0.2, 0.25) is 5.02 Å². The predicted molar refractivity (Wildman–Crippen MR) is 74.2 cm³/mol. The van der Waals surface area contributed by atoms with Crippen molar-refractivity contribution < 1.29 is 9.50 Å². The second-order valence-electron chi connectivity index (χ2n) is 4.02. The summed E-state index contributed by atoms with van der Waals surface area (Å²) < 4.78 is 13.9. The van der Waals surface area contributed by atoms with E-state index in [1.165, 1.54) is 12.1 Å². The van der Waals surface area contributed by atoms with Gasteiger partial charge in [-0.25, -0.2) is 4.39 Å². The van der Waals surface area contributed by atoms with Crippen LogP contribution in [0, 0.1) is 5.82 Å². The zero-order valence-corrected chi connectivity index (χ0v) is 11.7.